The molecule has 7 nitrogen and oxygen atoms in total. The molecule has 0 aromatic carbocycles. The van der Waals surface area contributed by atoms with Crippen molar-refractivity contribution >= 4 is 5.91 Å². The lowest BCUT2D eigenvalue weighted by molar-refractivity contribution is -0.0434. The number of carbonyl (C=O) groups excluding carboxylic acids is 1. The minimum Gasteiger partial charge on any atom is -0.390 e. The lowest BCUT2D eigenvalue weighted by Gasteiger charge is -2.26. The van der Waals surface area contributed by atoms with Gasteiger partial charge in [0, 0.05) is 26.7 Å². The fourth-order valence-electron chi connectivity index (χ4n) is 2.87. The zero-order valence-corrected chi connectivity index (χ0v) is 14.4. The van der Waals surface area contributed by atoms with Gasteiger partial charge in [0.2, 0.25) is 0 Å². The Balaban J connectivity index is 2.00. The summed E-state index contributed by atoms with van der Waals surface area (Å²) < 4.78 is 7.11. The molecule has 0 radical (unpaired) electrons. The number of aliphatic hydroxyl groups is 2. The monoisotopic (exact) mass is 339 g/mol. The van der Waals surface area contributed by atoms with Crippen molar-refractivity contribution in [1.82, 2.24) is 14.5 Å². The number of aliphatic hydroxyl groups excluding tert-OH is 2. The zero-order valence-electron chi connectivity index (χ0n) is 14.4. The van der Waals surface area contributed by atoms with Crippen LogP contribution in [0.5, 0.6) is 0 Å². The predicted molar refractivity (Wildman–Crippen MR) is 89.6 cm³/mol. The van der Waals surface area contributed by atoms with Gasteiger partial charge in [-0.05, 0) is 19.3 Å². The summed E-state index contributed by atoms with van der Waals surface area (Å²) in [6.07, 6.45) is 6.84. The summed E-state index contributed by atoms with van der Waals surface area (Å²) in [6, 6.07) is 0. The summed E-state index contributed by atoms with van der Waals surface area (Å²) in [4.78, 5) is 18.5. The fourth-order valence-corrected chi connectivity index (χ4v) is 2.87. The summed E-state index contributed by atoms with van der Waals surface area (Å²) in [7, 11) is 1.79. The van der Waals surface area contributed by atoms with Crippen LogP contribution < -0.4 is 0 Å². The first kappa shape index (κ1) is 18.9. The number of ether oxygens (including phenoxy) is 1. The third-order valence-corrected chi connectivity index (χ3v) is 4.47. The van der Waals surface area contributed by atoms with Gasteiger partial charge in [0.25, 0.3) is 5.91 Å². The van der Waals surface area contributed by atoms with E-state index in [4.69, 9.17) is 4.74 Å². The molecule has 1 aromatic rings. The molecule has 1 saturated heterocycles. The molecule has 2 heterocycles. The predicted octanol–water partition coefficient (Wildman–Crippen LogP) is 0.955. The number of carbonyl (C=O) groups is 1. The average molecular weight is 339 g/mol. The van der Waals surface area contributed by atoms with Crippen molar-refractivity contribution in [3.63, 3.8) is 0 Å². The highest BCUT2D eigenvalue weighted by molar-refractivity contribution is 5.92. The largest absolute Gasteiger partial charge is 0.390 e. The van der Waals surface area contributed by atoms with E-state index in [1.807, 2.05) is 0 Å². The normalized spacial score (nSPS) is 25.2. The molecule has 1 aliphatic heterocycles. The minimum absolute atomic E-state index is 0.0833. The molecule has 7 heteroatoms. The van der Waals surface area contributed by atoms with Crippen molar-refractivity contribution in [2.24, 2.45) is 7.05 Å². The van der Waals surface area contributed by atoms with E-state index in [2.05, 4.69) is 4.98 Å². The Kier molecular flexibility index (Phi) is 7.68. The molecule has 0 aliphatic carbocycles. The van der Waals surface area contributed by atoms with Gasteiger partial charge in [-0.25, -0.2) is 4.98 Å². The quantitative estimate of drug-likeness (QED) is 0.795. The van der Waals surface area contributed by atoms with Crippen LogP contribution in [0.1, 0.15) is 49.0 Å². The number of hydrogen-bond acceptors (Lipinski definition) is 5. The van der Waals surface area contributed by atoms with Crippen molar-refractivity contribution in [3.05, 3.63) is 18.2 Å². The number of imidazole rings is 1. The molecule has 24 heavy (non-hydrogen) atoms. The first-order valence-corrected chi connectivity index (χ1v) is 8.79. The van der Waals surface area contributed by atoms with Crippen LogP contribution in [-0.2, 0) is 11.8 Å². The molecule has 0 saturated carbocycles. The van der Waals surface area contributed by atoms with Gasteiger partial charge in [0.15, 0.2) is 0 Å². The van der Waals surface area contributed by atoms with Gasteiger partial charge in [0.05, 0.1) is 25.2 Å². The molecule has 1 aromatic heterocycles. The van der Waals surface area contributed by atoms with E-state index in [-0.39, 0.29) is 12.5 Å². The second-order valence-corrected chi connectivity index (χ2v) is 6.45. The van der Waals surface area contributed by atoms with Gasteiger partial charge in [-0.1, -0.05) is 19.3 Å². The lowest BCUT2D eigenvalue weighted by Crippen LogP contribution is -2.38. The Morgan fingerprint density at radius 3 is 2.67 bits per heavy atom. The Labute approximate surface area is 143 Å². The maximum atomic E-state index is 12.7. The highest BCUT2D eigenvalue weighted by atomic mass is 16.5. The summed E-state index contributed by atoms with van der Waals surface area (Å²) in [5, 5.41) is 20.0. The second-order valence-electron chi connectivity index (χ2n) is 6.45. The average Bonchev–Trinajstić information content (AvgIpc) is 3.00. The number of rotatable bonds is 1. The third-order valence-electron chi connectivity index (χ3n) is 4.47. The van der Waals surface area contributed by atoms with E-state index in [1.165, 1.54) is 0 Å². The van der Waals surface area contributed by atoms with Gasteiger partial charge in [-0.3, -0.25) is 4.79 Å². The second kappa shape index (κ2) is 9.76. The molecule has 1 aliphatic rings. The first-order valence-electron chi connectivity index (χ1n) is 8.79. The third kappa shape index (κ3) is 5.58. The highest BCUT2D eigenvalue weighted by Crippen LogP contribution is 2.12. The van der Waals surface area contributed by atoms with E-state index in [0.29, 0.717) is 31.8 Å². The molecule has 2 rings (SSSR count). The van der Waals surface area contributed by atoms with Crippen molar-refractivity contribution in [3.8, 4) is 0 Å². The van der Waals surface area contributed by atoms with E-state index in [0.717, 1.165) is 32.1 Å². The van der Waals surface area contributed by atoms with Gasteiger partial charge < -0.3 is 24.4 Å². The summed E-state index contributed by atoms with van der Waals surface area (Å²) in [5.74, 6) is -0.0833. The van der Waals surface area contributed by atoms with Crippen LogP contribution in [0, 0.1) is 0 Å². The summed E-state index contributed by atoms with van der Waals surface area (Å²) in [5.41, 5.74) is 0.537. The zero-order chi connectivity index (χ0) is 17.4. The van der Waals surface area contributed by atoms with E-state index < -0.39 is 12.2 Å². The molecule has 0 spiro atoms. The maximum Gasteiger partial charge on any atom is 0.272 e. The molecule has 0 unspecified atom stereocenters. The summed E-state index contributed by atoms with van der Waals surface area (Å²) >= 11 is 0. The summed E-state index contributed by atoms with van der Waals surface area (Å²) in [6.45, 7) is 1.82. The van der Waals surface area contributed by atoms with Crippen LogP contribution in [0.25, 0.3) is 0 Å². The highest BCUT2D eigenvalue weighted by Gasteiger charge is 2.22. The fraction of sp³-hybridized carbons (Fsp3) is 0.765. The number of hydrogen-bond donors (Lipinski definition) is 2. The molecular weight excluding hydrogens is 310 g/mol. The number of nitrogens with zero attached hydrogens (tertiary/aromatic N) is 3. The van der Waals surface area contributed by atoms with Crippen LogP contribution in [0.4, 0.5) is 0 Å². The van der Waals surface area contributed by atoms with Crippen LogP contribution in [0.3, 0.4) is 0 Å². The SMILES string of the molecule is Cn1cncc1C(=O)N1CCCCCCCOC[C@@H](O)[C@@H](O)CC1. The smallest absolute Gasteiger partial charge is 0.272 e. The Morgan fingerprint density at radius 1 is 1.17 bits per heavy atom. The van der Waals surface area contributed by atoms with Crippen LogP contribution >= 0.6 is 0 Å². The van der Waals surface area contributed by atoms with Crippen molar-refractivity contribution < 1.29 is 19.7 Å². The van der Waals surface area contributed by atoms with Gasteiger partial charge in [-0.15, -0.1) is 0 Å². The van der Waals surface area contributed by atoms with Gasteiger partial charge in [0.1, 0.15) is 11.8 Å². The molecule has 1 fully saturated rings. The van der Waals surface area contributed by atoms with Crippen LogP contribution in [-0.4, -0.2) is 69.1 Å². The maximum absolute atomic E-state index is 12.7. The Bertz CT molecular complexity index is 506. The number of amides is 1. The van der Waals surface area contributed by atoms with Gasteiger partial charge >= 0.3 is 0 Å². The van der Waals surface area contributed by atoms with E-state index in [9.17, 15) is 15.0 Å². The number of aromatic nitrogens is 2. The molecule has 2 N–H and O–H groups in total. The topological polar surface area (TPSA) is 87.8 Å². The number of aryl methyl sites for hydroxylation is 1. The van der Waals surface area contributed by atoms with Crippen molar-refractivity contribution in [2.45, 2.75) is 50.7 Å². The van der Waals surface area contributed by atoms with E-state index >= 15 is 0 Å². The standard InChI is InChI=1S/C17H29N3O4/c1-19-13-18-11-14(19)17(23)20-8-5-3-2-4-6-10-24-12-16(22)15(21)7-9-20/h11,13,15-16,21-22H,2-10,12H2,1H3/t15-,16+/m0/s1. The molecule has 1 amide bonds. The Morgan fingerprint density at radius 2 is 1.92 bits per heavy atom. The lowest BCUT2D eigenvalue weighted by atomic mass is 10.1. The van der Waals surface area contributed by atoms with E-state index in [1.54, 1.807) is 29.0 Å². The van der Waals surface area contributed by atoms with Gasteiger partial charge in [-0.2, -0.15) is 0 Å². The van der Waals surface area contributed by atoms with Crippen molar-refractivity contribution in [1.29, 1.82) is 0 Å². The Hall–Kier alpha value is -1.44. The first-order chi connectivity index (χ1) is 11.6. The van der Waals surface area contributed by atoms with Crippen LogP contribution in [0.15, 0.2) is 12.5 Å². The molecule has 136 valence electrons. The molecular formula is C17H29N3O4. The molecule has 0 bridgehead atoms. The van der Waals surface area contributed by atoms with Crippen LogP contribution in [0.2, 0.25) is 0 Å². The minimum atomic E-state index is -0.915. The molecule has 2 atom stereocenters. The van der Waals surface area contributed by atoms with Crippen molar-refractivity contribution in [2.75, 3.05) is 26.3 Å².